The third-order valence-electron chi connectivity index (χ3n) is 3.93. The second-order valence-electron chi connectivity index (χ2n) is 5.26. The fourth-order valence-electron chi connectivity index (χ4n) is 2.81. The number of imidazole rings is 1. The van der Waals surface area contributed by atoms with Gasteiger partial charge < -0.3 is 9.47 Å². The molecule has 1 aliphatic rings. The van der Waals surface area contributed by atoms with Gasteiger partial charge in [0.2, 0.25) is 0 Å². The van der Waals surface area contributed by atoms with Gasteiger partial charge in [-0.05, 0) is 6.92 Å². The quantitative estimate of drug-likeness (QED) is 0.686. The zero-order valence-electron chi connectivity index (χ0n) is 11.8. The van der Waals surface area contributed by atoms with Gasteiger partial charge in [-0.25, -0.2) is 14.5 Å². The molecule has 0 aromatic carbocycles. The van der Waals surface area contributed by atoms with Crippen molar-refractivity contribution in [3.8, 4) is 0 Å². The van der Waals surface area contributed by atoms with E-state index in [4.69, 9.17) is 11.6 Å². The minimum Gasteiger partial charge on any atom is -0.331 e. The van der Waals surface area contributed by atoms with Crippen LogP contribution in [-0.4, -0.2) is 41.5 Å². The third kappa shape index (κ3) is 1.97. The van der Waals surface area contributed by atoms with Crippen LogP contribution < -0.4 is 0 Å². The van der Waals surface area contributed by atoms with Crippen molar-refractivity contribution in [3.63, 3.8) is 0 Å². The predicted octanol–water partition coefficient (Wildman–Crippen LogP) is 1.80. The standard InChI is InChI=1S/C14H13ClN6O/c1-9-13-16-2-3-19(13)4-5-20(9)14(22)11-6-12-17-7-10(15)8-21(12)18-11/h2-3,6-9H,4-5H2,1H3. The molecule has 7 nitrogen and oxygen atoms in total. The van der Waals surface area contributed by atoms with E-state index in [1.54, 1.807) is 23.4 Å². The lowest BCUT2D eigenvalue weighted by molar-refractivity contribution is 0.0631. The molecule has 0 N–H and O–H groups in total. The topological polar surface area (TPSA) is 68.3 Å². The van der Waals surface area contributed by atoms with Gasteiger partial charge in [0.15, 0.2) is 11.3 Å². The Morgan fingerprint density at radius 3 is 3.09 bits per heavy atom. The molecule has 4 rings (SSSR count). The van der Waals surface area contributed by atoms with Gasteiger partial charge in [0, 0.05) is 37.7 Å². The number of aromatic nitrogens is 5. The fourth-order valence-corrected chi connectivity index (χ4v) is 2.95. The second kappa shape index (κ2) is 4.81. The number of carbonyl (C=O) groups excluding carboxylic acids is 1. The maximum absolute atomic E-state index is 12.7. The van der Waals surface area contributed by atoms with E-state index in [-0.39, 0.29) is 11.9 Å². The molecule has 0 spiro atoms. The highest BCUT2D eigenvalue weighted by Gasteiger charge is 2.30. The van der Waals surface area contributed by atoms with Crippen LogP contribution in [0.3, 0.4) is 0 Å². The van der Waals surface area contributed by atoms with Gasteiger partial charge in [-0.3, -0.25) is 4.79 Å². The molecule has 112 valence electrons. The summed E-state index contributed by atoms with van der Waals surface area (Å²) in [5.41, 5.74) is 0.959. The van der Waals surface area contributed by atoms with E-state index in [9.17, 15) is 4.79 Å². The smallest absolute Gasteiger partial charge is 0.275 e. The molecular weight excluding hydrogens is 304 g/mol. The zero-order valence-corrected chi connectivity index (χ0v) is 12.6. The number of amides is 1. The number of hydrogen-bond donors (Lipinski definition) is 0. The first-order valence-electron chi connectivity index (χ1n) is 6.96. The van der Waals surface area contributed by atoms with Crippen LogP contribution >= 0.6 is 11.6 Å². The molecule has 0 radical (unpaired) electrons. The predicted molar refractivity (Wildman–Crippen MR) is 79.7 cm³/mol. The second-order valence-corrected chi connectivity index (χ2v) is 5.69. The summed E-state index contributed by atoms with van der Waals surface area (Å²) in [4.78, 5) is 23.0. The van der Waals surface area contributed by atoms with Gasteiger partial charge in [0.05, 0.1) is 17.3 Å². The average Bonchev–Trinajstić information content (AvgIpc) is 3.12. The number of fused-ring (bicyclic) bond motifs is 2. The van der Waals surface area contributed by atoms with Crippen molar-refractivity contribution in [1.29, 1.82) is 0 Å². The van der Waals surface area contributed by atoms with Gasteiger partial charge >= 0.3 is 0 Å². The first kappa shape index (κ1) is 13.3. The van der Waals surface area contributed by atoms with Gasteiger partial charge in [0.25, 0.3) is 5.91 Å². The van der Waals surface area contributed by atoms with Crippen LogP contribution in [0.4, 0.5) is 0 Å². The molecule has 8 heteroatoms. The summed E-state index contributed by atoms with van der Waals surface area (Å²) < 4.78 is 3.59. The van der Waals surface area contributed by atoms with Crippen LogP contribution in [0.1, 0.15) is 29.3 Å². The van der Waals surface area contributed by atoms with E-state index in [0.29, 0.717) is 22.9 Å². The molecule has 1 atom stereocenters. The van der Waals surface area contributed by atoms with E-state index < -0.39 is 0 Å². The van der Waals surface area contributed by atoms with Gasteiger partial charge in [-0.1, -0.05) is 11.6 Å². The third-order valence-corrected chi connectivity index (χ3v) is 4.13. The molecule has 0 aliphatic carbocycles. The number of hydrogen-bond acceptors (Lipinski definition) is 4. The summed E-state index contributed by atoms with van der Waals surface area (Å²) in [6.07, 6.45) is 6.86. The molecule has 0 saturated carbocycles. The Bertz CT molecular complexity index is 869. The number of carbonyl (C=O) groups is 1. The maximum atomic E-state index is 12.7. The van der Waals surface area contributed by atoms with Crippen molar-refractivity contribution >= 4 is 23.2 Å². The Morgan fingerprint density at radius 2 is 2.23 bits per heavy atom. The highest BCUT2D eigenvalue weighted by molar-refractivity contribution is 6.30. The monoisotopic (exact) mass is 316 g/mol. The number of halogens is 1. The van der Waals surface area contributed by atoms with Crippen molar-refractivity contribution in [3.05, 3.63) is 47.4 Å². The summed E-state index contributed by atoms with van der Waals surface area (Å²) in [7, 11) is 0. The molecule has 1 unspecified atom stereocenters. The molecular formula is C14H13ClN6O. The Kier molecular flexibility index (Phi) is 2.90. The van der Waals surface area contributed by atoms with Crippen LogP contribution in [0.25, 0.3) is 5.65 Å². The summed E-state index contributed by atoms with van der Waals surface area (Å²) >= 11 is 5.89. The molecule has 4 heterocycles. The van der Waals surface area contributed by atoms with Gasteiger partial charge in [-0.2, -0.15) is 5.10 Å². The SMILES string of the molecule is CC1c2nccn2CCN1C(=O)c1cc2ncc(Cl)cn2n1. The number of rotatable bonds is 1. The van der Waals surface area contributed by atoms with E-state index >= 15 is 0 Å². The molecule has 22 heavy (non-hydrogen) atoms. The van der Waals surface area contributed by atoms with Crippen molar-refractivity contribution in [2.75, 3.05) is 6.54 Å². The Hall–Kier alpha value is -2.41. The molecule has 3 aromatic rings. The maximum Gasteiger partial charge on any atom is 0.275 e. The first-order valence-corrected chi connectivity index (χ1v) is 7.34. The largest absolute Gasteiger partial charge is 0.331 e. The molecule has 0 bridgehead atoms. The van der Waals surface area contributed by atoms with E-state index in [1.807, 2.05) is 13.1 Å². The highest BCUT2D eigenvalue weighted by Crippen LogP contribution is 2.25. The summed E-state index contributed by atoms with van der Waals surface area (Å²) in [5, 5.41) is 4.75. The minimum atomic E-state index is -0.122. The molecule has 3 aromatic heterocycles. The van der Waals surface area contributed by atoms with Crippen LogP contribution in [0.5, 0.6) is 0 Å². The molecule has 0 fully saturated rings. The van der Waals surface area contributed by atoms with E-state index in [2.05, 4.69) is 19.6 Å². The molecule has 1 amide bonds. The lowest BCUT2D eigenvalue weighted by Gasteiger charge is -2.33. The van der Waals surface area contributed by atoms with Gasteiger partial charge in [0.1, 0.15) is 5.82 Å². The van der Waals surface area contributed by atoms with Crippen molar-refractivity contribution < 1.29 is 4.79 Å². The van der Waals surface area contributed by atoms with Crippen molar-refractivity contribution in [2.24, 2.45) is 0 Å². The minimum absolute atomic E-state index is 0.0855. The Morgan fingerprint density at radius 1 is 1.36 bits per heavy atom. The van der Waals surface area contributed by atoms with Crippen molar-refractivity contribution in [2.45, 2.75) is 19.5 Å². The Balaban J connectivity index is 1.68. The normalized spacial score (nSPS) is 17.7. The van der Waals surface area contributed by atoms with Crippen LogP contribution in [0.2, 0.25) is 5.02 Å². The first-order chi connectivity index (χ1) is 10.6. The number of nitrogens with zero attached hydrogens (tertiary/aromatic N) is 6. The van der Waals surface area contributed by atoms with Crippen LogP contribution in [0, 0.1) is 0 Å². The molecule has 0 saturated heterocycles. The zero-order chi connectivity index (χ0) is 15.3. The highest BCUT2D eigenvalue weighted by atomic mass is 35.5. The summed E-state index contributed by atoms with van der Waals surface area (Å²) in [6, 6.07) is 1.59. The lowest BCUT2D eigenvalue weighted by atomic mass is 10.2. The van der Waals surface area contributed by atoms with Gasteiger partial charge in [-0.15, -0.1) is 0 Å². The van der Waals surface area contributed by atoms with E-state index in [0.717, 1.165) is 12.4 Å². The van der Waals surface area contributed by atoms with Crippen LogP contribution in [-0.2, 0) is 6.54 Å². The van der Waals surface area contributed by atoms with Crippen molar-refractivity contribution in [1.82, 2.24) is 29.0 Å². The molecule has 1 aliphatic heterocycles. The Labute approximate surface area is 131 Å². The summed E-state index contributed by atoms with van der Waals surface area (Å²) in [6.45, 7) is 3.34. The lowest BCUT2D eigenvalue weighted by Crippen LogP contribution is -2.41. The summed E-state index contributed by atoms with van der Waals surface area (Å²) in [5.74, 6) is 0.771. The van der Waals surface area contributed by atoms with E-state index in [1.165, 1.54) is 10.7 Å². The van der Waals surface area contributed by atoms with Crippen LogP contribution in [0.15, 0.2) is 30.9 Å². The average molecular weight is 317 g/mol. The fraction of sp³-hybridized carbons (Fsp3) is 0.286.